The van der Waals surface area contributed by atoms with Gasteiger partial charge in [-0.25, -0.2) is 4.79 Å². The Hall–Kier alpha value is -1.39. The molecule has 1 aliphatic carbocycles. The number of hydrogen-bond acceptors (Lipinski definition) is 4. The van der Waals surface area contributed by atoms with Gasteiger partial charge in [0.25, 0.3) is 0 Å². The Kier molecular flexibility index (Phi) is 7.56. The van der Waals surface area contributed by atoms with Gasteiger partial charge in [-0.15, -0.1) is 5.48 Å². The summed E-state index contributed by atoms with van der Waals surface area (Å²) in [5.41, 5.74) is 4.05. The Labute approximate surface area is 139 Å². The van der Waals surface area contributed by atoms with Crippen LogP contribution in [0, 0.1) is 0 Å². The minimum absolute atomic E-state index is 0.249. The number of carbonyl (C=O) groups is 1. The Morgan fingerprint density at radius 2 is 1.96 bits per heavy atom. The molecule has 1 aliphatic rings. The van der Waals surface area contributed by atoms with E-state index in [1.54, 1.807) is 12.1 Å². The van der Waals surface area contributed by atoms with Gasteiger partial charge in [0.1, 0.15) is 0 Å². The molecule has 0 saturated heterocycles. The lowest BCUT2D eigenvalue weighted by Gasteiger charge is -2.18. The zero-order valence-electron chi connectivity index (χ0n) is 14.1. The summed E-state index contributed by atoms with van der Waals surface area (Å²) in [5.74, 6) is -0.402. The number of unbranched alkanes of at least 4 members (excludes halogenated alkanes) is 1. The Morgan fingerprint density at radius 3 is 2.65 bits per heavy atom. The van der Waals surface area contributed by atoms with Crippen molar-refractivity contribution in [2.75, 3.05) is 0 Å². The van der Waals surface area contributed by atoms with Gasteiger partial charge in [-0.3, -0.25) is 0 Å². The highest BCUT2D eigenvalue weighted by Gasteiger charge is 2.20. The summed E-state index contributed by atoms with van der Waals surface area (Å²) in [6, 6.07) is 7.43. The molecule has 4 nitrogen and oxygen atoms in total. The molecule has 2 rings (SSSR count). The van der Waals surface area contributed by atoms with Crippen LogP contribution in [0.15, 0.2) is 24.3 Å². The van der Waals surface area contributed by atoms with E-state index in [9.17, 15) is 9.90 Å². The van der Waals surface area contributed by atoms with E-state index >= 15 is 0 Å². The molecule has 0 aliphatic heterocycles. The number of rotatable bonds is 7. The molecule has 0 aromatic heterocycles. The predicted molar refractivity (Wildman–Crippen MR) is 91.0 cm³/mol. The maximum absolute atomic E-state index is 12.4. The Balaban J connectivity index is 1.95. The van der Waals surface area contributed by atoms with Gasteiger partial charge in [0.05, 0.1) is 11.7 Å². The third kappa shape index (κ3) is 5.63. The van der Waals surface area contributed by atoms with Crippen LogP contribution in [0.5, 0.6) is 0 Å². The number of hydrogen-bond donors (Lipinski definition) is 2. The molecule has 128 valence electrons. The average molecular weight is 319 g/mol. The molecule has 0 radical (unpaired) electrons. The second-order valence-electron chi connectivity index (χ2n) is 6.44. The zero-order chi connectivity index (χ0) is 16.5. The highest BCUT2D eigenvalue weighted by molar-refractivity contribution is 5.91. The van der Waals surface area contributed by atoms with Crippen molar-refractivity contribution in [3.8, 4) is 0 Å². The Bertz CT molecular complexity index is 481. The van der Waals surface area contributed by atoms with Crippen molar-refractivity contribution >= 4 is 5.97 Å². The molecular weight excluding hydrogens is 290 g/mol. The minimum atomic E-state index is -0.614. The third-order valence-electron chi connectivity index (χ3n) is 4.54. The maximum Gasteiger partial charge on any atom is 0.357 e. The van der Waals surface area contributed by atoms with Crippen molar-refractivity contribution in [2.24, 2.45) is 0 Å². The van der Waals surface area contributed by atoms with Crippen LogP contribution in [-0.4, -0.2) is 17.1 Å². The SMILES string of the molecule is CCCCC(O)c1ccccc1C(=O)ONC1CCCCCC1. The summed E-state index contributed by atoms with van der Waals surface area (Å²) in [5, 5.41) is 10.3. The van der Waals surface area contributed by atoms with Gasteiger partial charge in [0.2, 0.25) is 0 Å². The lowest BCUT2D eigenvalue weighted by Crippen LogP contribution is -2.31. The first-order valence-corrected chi connectivity index (χ1v) is 8.96. The zero-order valence-corrected chi connectivity index (χ0v) is 14.1. The van der Waals surface area contributed by atoms with Crippen LogP contribution in [0.2, 0.25) is 0 Å². The fraction of sp³-hybridized carbons (Fsp3) is 0.632. The summed E-state index contributed by atoms with van der Waals surface area (Å²) < 4.78 is 0. The highest BCUT2D eigenvalue weighted by atomic mass is 16.7. The molecule has 4 heteroatoms. The molecule has 0 spiro atoms. The molecule has 23 heavy (non-hydrogen) atoms. The lowest BCUT2D eigenvalue weighted by molar-refractivity contribution is 0.0132. The summed E-state index contributed by atoms with van der Waals surface area (Å²) in [6.45, 7) is 2.09. The van der Waals surface area contributed by atoms with Crippen molar-refractivity contribution in [1.29, 1.82) is 0 Å². The van der Waals surface area contributed by atoms with Gasteiger partial charge in [-0.2, -0.15) is 0 Å². The first-order chi connectivity index (χ1) is 11.2. The molecule has 1 unspecified atom stereocenters. The quantitative estimate of drug-likeness (QED) is 0.581. The number of carbonyl (C=O) groups excluding carboxylic acids is 1. The standard InChI is InChI=1S/C19H29NO3/c1-2-3-14-18(21)16-12-8-9-13-17(16)19(22)23-20-15-10-6-4-5-7-11-15/h8-9,12-13,15,18,20-21H,2-7,10-11,14H2,1H3. The van der Waals surface area contributed by atoms with Crippen molar-refractivity contribution < 1.29 is 14.7 Å². The van der Waals surface area contributed by atoms with Crippen molar-refractivity contribution in [3.63, 3.8) is 0 Å². The molecular formula is C19H29NO3. The molecule has 1 atom stereocenters. The van der Waals surface area contributed by atoms with E-state index in [1.807, 2.05) is 12.1 Å². The van der Waals surface area contributed by atoms with E-state index in [0.29, 0.717) is 17.5 Å². The maximum atomic E-state index is 12.4. The van der Waals surface area contributed by atoms with Crippen LogP contribution in [0.3, 0.4) is 0 Å². The van der Waals surface area contributed by atoms with Crippen molar-refractivity contribution in [2.45, 2.75) is 76.9 Å². The second-order valence-corrected chi connectivity index (χ2v) is 6.44. The van der Waals surface area contributed by atoms with Gasteiger partial charge >= 0.3 is 5.97 Å². The van der Waals surface area contributed by atoms with Crippen LogP contribution >= 0.6 is 0 Å². The van der Waals surface area contributed by atoms with E-state index in [-0.39, 0.29) is 6.04 Å². The fourth-order valence-electron chi connectivity index (χ4n) is 3.12. The summed E-state index contributed by atoms with van der Waals surface area (Å²) in [6.07, 6.45) is 8.99. The molecule has 1 saturated carbocycles. The van der Waals surface area contributed by atoms with Gasteiger partial charge < -0.3 is 9.94 Å². The van der Waals surface area contributed by atoms with Crippen LogP contribution < -0.4 is 5.48 Å². The summed E-state index contributed by atoms with van der Waals surface area (Å²) in [7, 11) is 0. The van der Waals surface area contributed by atoms with E-state index in [1.165, 1.54) is 25.7 Å². The largest absolute Gasteiger partial charge is 0.388 e. The third-order valence-corrected chi connectivity index (χ3v) is 4.54. The number of benzene rings is 1. The first-order valence-electron chi connectivity index (χ1n) is 8.96. The number of aliphatic hydroxyl groups excluding tert-OH is 1. The second kappa shape index (κ2) is 9.68. The minimum Gasteiger partial charge on any atom is -0.388 e. The van der Waals surface area contributed by atoms with Crippen LogP contribution in [0.4, 0.5) is 0 Å². The fourth-order valence-corrected chi connectivity index (χ4v) is 3.12. The molecule has 1 aromatic rings. The van der Waals surface area contributed by atoms with E-state index in [2.05, 4.69) is 12.4 Å². The Morgan fingerprint density at radius 1 is 1.26 bits per heavy atom. The lowest BCUT2D eigenvalue weighted by atomic mass is 9.99. The summed E-state index contributed by atoms with van der Waals surface area (Å²) >= 11 is 0. The molecule has 1 fully saturated rings. The van der Waals surface area contributed by atoms with E-state index < -0.39 is 12.1 Å². The number of aliphatic hydroxyl groups is 1. The van der Waals surface area contributed by atoms with E-state index in [0.717, 1.165) is 25.7 Å². The van der Waals surface area contributed by atoms with Gasteiger partial charge in [-0.1, -0.05) is 63.6 Å². The van der Waals surface area contributed by atoms with Crippen LogP contribution in [-0.2, 0) is 4.84 Å². The molecule has 0 bridgehead atoms. The van der Waals surface area contributed by atoms with Crippen LogP contribution in [0.25, 0.3) is 0 Å². The molecule has 2 N–H and O–H groups in total. The summed E-state index contributed by atoms with van der Waals surface area (Å²) in [4.78, 5) is 17.7. The van der Waals surface area contributed by atoms with E-state index in [4.69, 9.17) is 4.84 Å². The molecule has 0 heterocycles. The average Bonchev–Trinajstić information content (AvgIpc) is 2.86. The normalized spacial score (nSPS) is 17.5. The van der Waals surface area contributed by atoms with Crippen molar-refractivity contribution in [3.05, 3.63) is 35.4 Å². The molecule has 1 aromatic carbocycles. The predicted octanol–water partition coefficient (Wildman–Crippen LogP) is 4.29. The van der Waals surface area contributed by atoms with Gasteiger partial charge in [0, 0.05) is 6.04 Å². The number of nitrogens with one attached hydrogen (secondary N) is 1. The van der Waals surface area contributed by atoms with Crippen LogP contribution in [0.1, 0.15) is 86.7 Å². The first kappa shape index (κ1) is 18.0. The van der Waals surface area contributed by atoms with Gasteiger partial charge in [0.15, 0.2) is 0 Å². The van der Waals surface area contributed by atoms with Crippen molar-refractivity contribution in [1.82, 2.24) is 5.48 Å². The highest BCUT2D eigenvalue weighted by Crippen LogP contribution is 2.23. The van der Waals surface area contributed by atoms with Gasteiger partial charge in [-0.05, 0) is 30.9 Å². The molecule has 0 amide bonds. The number of hydroxylamine groups is 1. The topological polar surface area (TPSA) is 58.6 Å². The monoisotopic (exact) mass is 319 g/mol. The smallest absolute Gasteiger partial charge is 0.357 e.